The molecule has 3 nitrogen and oxygen atoms in total. The molecule has 0 aromatic heterocycles. The van der Waals surface area contributed by atoms with Gasteiger partial charge in [0.1, 0.15) is 11.5 Å². The normalized spacial score (nSPS) is 11.5. The molecule has 0 atom stereocenters. The van der Waals surface area contributed by atoms with Crippen molar-refractivity contribution in [1.29, 1.82) is 0 Å². The van der Waals surface area contributed by atoms with Gasteiger partial charge in [-0.15, -0.1) is 0 Å². The number of hydrogen-bond acceptors (Lipinski definition) is 3. The van der Waals surface area contributed by atoms with Gasteiger partial charge in [0.05, 0.1) is 0 Å². The maximum absolute atomic E-state index is 6.89. The molecule has 0 amide bonds. The molecule has 14 aromatic carbocycles. The predicted molar refractivity (Wildman–Crippen MR) is 349 cm³/mol. The quantitative estimate of drug-likeness (QED) is 0.113. The Bertz CT molecular complexity index is 4440. The molecule has 0 N–H and O–H groups in total. The summed E-state index contributed by atoms with van der Waals surface area (Å²) in [6, 6.07) is 118. The molecular formula is C80H54N2O. The van der Waals surface area contributed by atoms with Gasteiger partial charge in [0.2, 0.25) is 0 Å². The van der Waals surface area contributed by atoms with Crippen molar-refractivity contribution in [3.8, 4) is 89.4 Å². The van der Waals surface area contributed by atoms with Crippen molar-refractivity contribution in [2.45, 2.75) is 0 Å². The Hall–Kier alpha value is -11.0. The maximum atomic E-state index is 6.89. The molecule has 0 saturated carbocycles. The maximum Gasteiger partial charge on any atom is 0.135 e. The van der Waals surface area contributed by atoms with Crippen LogP contribution in [0.15, 0.2) is 328 Å². The van der Waals surface area contributed by atoms with Crippen LogP contribution in [-0.2, 0) is 0 Å². The lowest BCUT2D eigenvalue weighted by molar-refractivity contribution is 0.487. The third-order valence-corrected chi connectivity index (χ3v) is 16.3. The molecule has 14 aromatic rings. The minimum Gasteiger partial charge on any atom is -0.456 e. The summed E-state index contributed by atoms with van der Waals surface area (Å²) in [6.45, 7) is 0. The molecule has 0 bridgehead atoms. The van der Waals surface area contributed by atoms with Gasteiger partial charge in [-0.3, -0.25) is 0 Å². The van der Waals surface area contributed by atoms with Gasteiger partial charge < -0.3 is 14.5 Å². The Morgan fingerprint density at radius 1 is 0.193 bits per heavy atom. The first-order chi connectivity index (χ1) is 41.1. The van der Waals surface area contributed by atoms with Crippen molar-refractivity contribution in [2.24, 2.45) is 0 Å². The number of ether oxygens (including phenoxy) is 1. The average Bonchev–Trinajstić information content (AvgIpc) is 2.77. The van der Waals surface area contributed by atoms with Crippen LogP contribution < -0.4 is 14.5 Å². The molecule has 1 heterocycles. The van der Waals surface area contributed by atoms with E-state index in [-0.39, 0.29) is 0 Å². The van der Waals surface area contributed by atoms with Crippen LogP contribution in [0.5, 0.6) is 11.5 Å². The number of hydrogen-bond donors (Lipinski definition) is 0. The molecule has 1 aliphatic heterocycles. The molecule has 15 rings (SSSR count). The summed E-state index contributed by atoms with van der Waals surface area (Å²) in [7, 11) is 0. The summed E-state index contributed by atoms with van der Waals surface area (Å²) < 4.78 is 6.89. The molecule has 83 heavy (non-hydrogen) atoms. The number of fused-ring (bicyclic) bond motifs is 4. The Labute approximate surface area is 484 Å². The smallest absolute Gasteiger partial charge is 0.135 e. The first kappa shape index (κ1) is 49.1. The zero-order valence-electron chi connectivity index (χ0n) is 45.5. The van der Waals surface area contributed by atoms with Gasteiger partial charge >= 0.3 is 0 Å². The van der Waals surface area contributed by atoms with Crippen LogP contribution in [0.2, 0.25) is 0 Å². The molecule has 1 aliphatic rings. The third-order valence-electron chi connectivity index (χ3n) is 16.3. The molecule has 0 saturated heterocycles. The average molecular weight is 1060 g/mol. The van der Waals surface area contributed by atoms with Crippen LogP contribution >= 0.6 is 0 Å². The second-order valence-electron chi connectivity index (χ2n) is 21.3. The van der Waals surface area contributed by atoms with Crippen molar-refractivity contribution >= 4 is 55.7 Å². The van der Waals surface area contributed by atoms with E-state index >= 15 is 0 Å². The summed E-state index contributed by atoms with van der Waals surface area (Å²) in [5, 5.41) is 4.70. The first-order valence-electron chi connectivity index (χ1n) is 28.4. The Kier molecular flexibility index (Phi) is 12.6. The van der Waals surface area contributed by atoms with E-state index < -0.39 is 0 Å². The van der Waals surface area contributed by atoms with Crippen LogP contribution in [0.25, 0.3) is 99.4 Å². The van der Waals surface area contributed by atoms with Crippen LogP contribution in [0.1, 0.15) is 0 Å². The number of rotatable bonds is 12. The van der Waals surface area contributed by atoms with Gasteiger partial charge in [-0.2, -0.15) is 0 Å². The van der Waals surface area contributed by atoms with Crippen LogP contribution in [0.4, 0.5) is 34.1 Å². The minimum atomic E-state index is 0.856. The molecule has 3 heteroatoms. The molecule has 0 radical (unpaired) electrons. The van der Waals surface area contributed by atoms with E-state index in [0.29, 0.717) is 0 Å². The van der Waals surface area contributed by atoms with Gasteiger partial charge in [0.15, 0.2) is 0 Å². The fourth-order valence-electron chi connectivity index (χ4n) is 12.0. The zero-order chi connectivity index (χ0) is 55.1. The van der Waals surface area contributed by atoms with Gasteiger partial charge in [-0.1, -0.05) is 224 Å². The van der Waals surface area contributed by atoms with Gasteiger partial charge in [0, 0.05) is 45.1 Å². The Morgan fingerprint density at radius 2 is 0.506 bits per heavy atom. The standard InChI is InChI=1S/C80H54N2O/c1-5-14-55(15-6-1)59-26-39-68(40-27-59)81(69-41-28-60(29-42-69)56-16-7-2-8-17-56)72-47-34-63(35-48-72)65-24-25-67-53-77-74-51-38-66(54-79(74)83-78-23-13-22-75(80(77)78)76(67)52-65)64-36-49-73(50-37-64)82(70-43-30-61(31-44-70)57-18-9-3-10-19-57)71-45-32-62(33-46-71)58-20-11-4-12-21-58/h1-54H. The fourth-order valence-corrected chi connectivity index (χ4v) is 12.0. The van der Waals surface area contributed by atoms with Crippen molar-refractivity contribution in [3.05, 3.63) is 328 Å². The van der Waals surface area contributed by atoms with Gasteiger partial charge in [-0.05, 0) is 192 Å². The van der Waals surface area contributed by atoms with E-state index in [1.807, 2.05) is 0 Å². The summed E-state index contributed by atoms with van der Waals surface area (Å²) >= 11 is 0. The van der Waals surface area contributed by atoms with E-state index in [9.17, 15) is 0 Å². The second-order valence-corrected chi connectivity index (χ2v) is 21.3. The van der Waals surface area contributed by atoms with E-state index in [0.717, 1.165) is 78.8 Å². The highest BCUT2D eigenvalue weighted by Gasteiger charge is 2.23. The topological polar surface area (TPSA) is 15.7 Å². The largest absolute Gasteiger partial charge is 0.456 e. The Morgan fingerprint density at radius 3 is 0.880 bits per heavy atom. The molecule has 0 fully saturated rings. The molecule has 0 spiro atoms. The fraction of sp³-hybridized carbons (Fsp3) is 0. The van der Waals surface area contributed by atoms with Crippen molar-refractivity contribution < 1.29 is 4.74 Å². The lowest BCUT2D eigenvalue weighted by atomic mass is 9.88. The lowest BCUT2D eigenvalue weighted by Crippen LogP contribution is -2.09. The number of anilines is 6. The van der Waals surface area contributed by atoms with E-state index in [1.54, 1.807) is 0 Å². The monoisotopic (exact) mass is 1060 g/mol. The first-order valence-corrected chi connectivity index (χ1v) is 28.4. The number of benzene rings is 14. The van der Waals surface area contributed by atoms with Crippen molar-refractivity contribution in [3.63, 3.8) is 0 Å². The van der Waals surface area contributed by atoms with Crippen LogP contribution in [0.3, 0.4) is 0 Å². The third kappa shape index (κ3) is 9.46. The Balaban J connectivity index is 0.723. The minimum absolute atomic E-state index is 0.856. The van der Waals surface area contributed by atoms with Crippen LogP contribution in [-0.4, -0.2) is 0 Å². The summed E-state index contributed by atoms with van der Waals surface area (Å²) in [5.74, 6) is 1.73. The van der Waals surface area contributed by atoms with E-state index in [1.165, 1.54) is 66.2 Å². The van der Waals surface area contributed by atoms with E-state index in [2.05, 4.69) is 337 Å². The highest BCUT2D eigenvalue weighted by molar-refractivity contribution is 6.18. The van der Waals surface area contributed by atoms with Crippen LogP contribution in [0, 0.1) is 0 Å². The van der Waals surface area contributed by atoms with Crippen molar-refractivity contribution in [1.82, 2.24) is 0 Å². The lowest BCUT2D eigenvalue weighted by Gasteiger charge is -2.26. The molecule has 0 aliphatic carbocycles. The number of nitrogens with zero attached hydrogens (tertiary/aromatic N) is 2. The summed E-state index contributed by atoms with van der Waals surface area (Å²) in [6.07, 6.45) is 0. The summed E-state index contributed by atoms with van der Waals surface area (Å²) in [5.41, 5.74) is 22.9. The van der Waals surface area contributed by atoms with Gasteiger partial charge in [0.25, 0.3) is 0 Å². The predicted octanol–water partition coefficient (Wildman–Crippen LogP) is 22.7. The highest BCUT2D eigenvalue weighted by atomic mass is 16.5. The molecular weight excluding hydrogens is 1000 g/mol. The van der Waals surface area contributed by atoms with Gasteiger partial charge in [-0.25, -0.2) is 0 Å². The van der Waals surface area contributed by atoms with E-state index in [4.69, 9.17) is 4.74 Å². The van der Waals surface area contributed by atoms with Crippen molar-refractivity contribution in [2.75, 3.05) is 9.80 Å². The molecule has 0 unspecified atom stereocenters. The highest BCUT2D eigenvalue weighted by Crippen LogP contribution is 2.50. The second kappa shape index (κ2) is 21.2. The summed E-state index contributed by atoms with van der Waals surface area (Å²) in [4.78, 5) is 4.67. The molecule has 390 valence electrons. The zero-order valence-corrected chi connectivity index (χ0v) is 45.5. The SMILES string of the molecule is c1ccc(-c2ccc(N(c3ccc(-c4ccccc4)cc3)c3ccc(-c4ccc5c(c4)Oc4cccc6c4c-5cc4ccc(-c5ccc(N(c7ccc(-c8ccccc8)cc7)c7ccc(-c8ccccc8)cc7)cc5)cc46)cc3)cc2)cc1.